The molecule has 0 heterocycles. The molecule has 1 fully saturated rings. The molecule has 1 saturated carbocycles. The van der Waals surface area contributed by atoms with Crippen LogP contribution in [0.4, 0.5) is 4.39 Å². The van der Waals surface area contributed by atoms with Crippen LogP contribution in [0.2, 0.25) is 5.02 Å². The van der Waals surface area contributed by atoms with Gasteiger partial charge in [-0.25, -0.2) is 4.39 Å². The number of likely N-dealkylation sites (N-methyl/N-ethyl adjacent to an activating group) is 1. The Morgan fingerprint density at radius 3 is 2.71 bits per heavy atom. The standard InChI is InChI=1S/C14H19ClFN/c1-3-10-7-14(8-10,9-17-2)13-11(15)5-4-6-12(13)16/h4-6,10,17H,3,7-9H2,1-2H3. The first-order valence-electron chi connectivity index (χ1n) is 6.22. The van der Waals surface area contributed by atoms with Crippen LogP contribution in [-0.4, -0.2) is 13.6 Å². The summed E-state index contributed by atoms with van der Waals surface area (Å²) in [5.41, 5.74) is 0.610. The lowest BCUT2D eigenvalue weighted by Crippen LogP contribution is -2.48. The van der Waals surface area contributed by atoms with Gasteiger partial charge in [-0.15, -0.1) is 0 Å². The first-order valence-corrected chi connectivity index (χ1v) is 6.60. The van der Waals surface area contributed by atoms with Crippen LogP contribution < -0.4 is 5.32 Å². The van der Waals surface area contributed by atoms with Gasteiger partial charge in [0.25, 0.3) is 0 Å². The molecule has 0 aliphatic heterocycles. The van der Waals surface area contributed by atoms with Crippen LogP contribution in [0.3, 0.4) is 0 Å². The molecule has 0 aromatic heterocycles. The highest BCUT2D eigenvalue weighted by molar-refractivity contribution is 6.31. The van der Waals surface area contributed by atoms with Gasteiger partial charge in [0.15, 0.2) is 0 Å². The maximum Gasteiger partial charge on any atom is 0.128 e. The number of halogens is 2. The van der Waals surface area contributed by atoms with Gasteiger partial charge in [-0.3, -0.25) is 0 Å². The molecule has 1 aromatic rings. The fourth-order valence-electron chi connectivity index (χ4n) is 3.11. The smallest absolute Gasteiger partial charge is 0.128 e. The molecule has 1 aromatic carbocycles. The third-order valence-corrected chi connectivity index (χ3v) is 4.26. The predicted octanol–water partition coefficient (Wildman–Crippen LogP) is 3.76. The molecule has 17 heavy (non-hydrogen) atoms. The van der Waals surface area contributed by atoms with Crippen molar-refractivity contribution in [2.24, 2.45) is 5.92 Å². The lowest BCUT2D eigenvalue weighted by Gasteiger charge is -2.48. The van der Waals surface area contributed by atoms with Crippen LogP contribution in [0.25, 0.3) is 0 Å². The zero-order chi connectivity index (χ0) is 12.5. The van der Waals surface area contributed by atoms with Gasteiger partial charge in [0.05, 0.1) is 0 Å². The van der Waals surface area contributed by atoms with Crippen molar-refractivity contribution >= 4 is 11.6 Å². The third-order valence-electron chi connectivity index (χ3n) is 3.94. The molecule has 0 spiro atoms. The molecule has 1 aliphatic rings. The minimum absolute atomic E-state index is 0.0994. The van der Waals surface area contributed by atoms with Crippen molar-refractivity contribution in [3.63, 3.8) is 0 Å². The Morgan fingerprint density at radius 1 is 1.47 bits per heavy atom. The Kier molecular flexibility index (Phi) is 3.74. The summed E-state index contributed by atoms with van der Waals surface area (Å²) in [6, 6.07) is 4.97. The molecule has 0 unspecified atom stereocenters. The molecule has 0 amide bonds. The van der Waals surface area contributed by atoms with Gasteiger partial charge >= 0.3 is 0 Å². The van der Waals surface area contributed by atoms with E-state index in [4.69, 9.17) is 11.6 Å². The lowest BCUT2D eigenvalue weighted by atomic mass is 9.57. The Bertz CT molecular complexity index is 379. The summed E-state index contributed by atoms with van der Waals surface area (Å²) in [6.45, 7) is 2.99. The summed E-state index contributed by atoms with van der Waals surface area (Å²) < 4.78 is 14.0. The molecule has 0 atom stereocenters. The second-order valence-corrected chi connectivity index (χ2v) is 5.50. The Hall–Kier alpha value is -0.600. The van der Waals surface area contributed by atoms with Crippen molar-refractivity contribution in [1.29, 1.82) is 0 Å². The SMILES string of the molecule is CCC1CC(CNC)(c2c(F)cccc2Cl)C1. The van der Waals surface area contributed by atoms with Gasteiger partial charge in [-0.2, -0.15) is 0 Å². The first-order chi connectivity index (χ1) is 8.13. The monoisotopic (exact) mass is 255 g/mol. The molecular weight excluding hydrogens is 237 g/mol. The average molecular weight is 256 g/mol. The second kappa shape index (κ2) is 4.95. The van der Waals surface area contributed by atoms with E-state index in [0.29, 0.717) is 16.5 Å². The van der Waals surface area contributed by atoms with Crippen molar-refractivity contribution < 1.29 is 4.39 Å². The normalized spacial score (nSPS) is 27.9. The Morgan fingerprint density at radius 2 is 2.18 bits per heavy atom. The van der Waals surface area contributed by atoms with Gasteiger partial charge in [-0.05, 0) is 37.9 Å². The summed E-state index contributed by atoms with van der Waals surface area (Å²) in [4.78, 5) is 0. The highest BCUT2D eigenvalue weighted by Gasteiger charge is 2.46. The summed E-state index contributed by atoms with van der Waals surface area (Å²) in [5, 5.41) is 3.75. The van der Waals surface area contributed by atoms with Crippen molar-refractivity contribution in [3.8, 4) is 0 Å². The summed E-state index contributed by atoms with van der Waals surface area (Å²) in [6.07, 6.45) is 3.23. The van der Waals surface area contributed by atoms with E-state index in [1.165, 1.54) is 6.07 Å². The fraction of sp³-hybridized carbons (Fsp3) is 0.571. The van der Waals surface area contributed by atoms with Crippen LogP contribution in [0.1, 0.15) is 31.7 Å². The predicted molar refractivity (Wildman–Crippen MR) is 70.0 cm³/mol. The summed E-state index contributed by atoms with van der Waals surface area (Å²) in [5.74, 6) is 0.543. The van der Waals surface area contributed by atoms with Crippen LogP contribution in [-0.2, 0) is 5.41 Å². The summed E-state index contributed by atoms with van der Waals surface area (Å²) in [7, 11) is 1.91. The van der Waals surface area contributed by atoms with Crippen LogP contribution in [0, 0.1) is 11.7 Å². The zero-order valence-corrected chi connectivity index (χ0v) is 11.1. The number of benzene rings is 1. The van der Waals surface area contributed by atoms with Crippen molar-refractivity contribution in [1.82, 2.24) is 5.32 Å². The molecule has 2 rings (SSSR count). The van der Waals surface area contributed by atoms with E-state index in [-0.39, 0.29) is 11.2 Å². The number of hydrogen-bond acceptors (Lipinski definition) is 1. The summed E-state index contributed by atoms with van der Waals surface area (Å²) >= 11 is 6.19. The average Bonchev–Trinajstić information content (AvgIpc) is 2.24. The van der Waals surface area contributed by atoms with E-state index < -0.39 is 0 Å². The van der Waals surface area contributed by atoms with E-state index in [2.05, 4.69) is 12.2 Å². The third kappa shape index (κ3) is 2.21. The number of nitrogens with one attached hydrogen (secondary N) is 1. The quantitative estimate of drug-likeness (QED) is 0.864. The van der Waals surface area contributed by atoms with Crippen molar-refractivity contribution in [3.05, 3.63) is 34.6 Å². The Labute approximate surface area is 107 Å². The molecule has 0 radical (unpaired) electrons. The van der Waals surface area contributed by atoms with E-state index in [9.17, 15) is 4.39 Å². The van der Waals surface area contributed by atoms with E-state index >= 15 is 0 Å². The molecule has 0 bridgehead atoms. The van der Waals surface area contributed by atoms with E-state index in [0.717, 1.165) is 25.8 Å². The second-order valence-electron chi connectivity index (χ2n) is 5.09. The molecular formula is C14H19ClFN. The first kappa shape index (κ1) is 12.8. The molecule has 3 heteroatoms. The minimum atomic E-state index is -0.165. The molecule has 1 aliphatic carbocycles. The Balaban J connectivity index is 2.34. The van der Waals surface area contributed by atoms with Gasteiger partial charge in [0, 0.05) is 22.5 Å². The van der Waals surface area contributed by atoms with Crippen LogP contribution in [0.5, 0.6) is 0 Å². The van der Waals surface area contributed by atoms with Gasteiger partial charge in [-0.1, -0.05) is 31.0 Å². The lowest BCUT2D eigenvalue weighted by molar-refractivity contribution is 0.132. The van der Waals surface area contributed by atoms with Crippen molar-refractivity contribution in [2.75, 3.05) is 13.6 Å². The largest absolute Gasteiger partial charge is 0.319 e. The zero-order valence-electron chi connectivity index (χ0n) is 10.4. The van der Waals surface area contributed by atoms with Crippen molar-refractivity contribution in [2.45, 2.75) is 31.6 Å². The number of hydrogen-bond donors (Lipinski definition) is 1. The van der Waals surface area contributed by atoms with E-state index in [1.807, 2.05) is 7.05 Å². The number of rotatable bonds is 4. The molecule has 0 saturated heterocycles. The maximum atomic E-state index is 14.0. The van der Waals surface area contributed by atoms with Gasteiger partial charge < -0.3 is 5.32 Å². The van der Waals surface area contributed by atoms with E-state index in [1.54, 1.807) is 12.1 Å². The van der Waals surface area contributed by atoms with Crippen LogP contribution in [0.15, 0.2) is 18.2 Å². The molecule has 1 nitrogen and oxygen atoms in total. The molecule has 1 N–H and O–H groups in total. The van der Waals surface area contributed by atoms with Gasteiger partial charge in [0.2, 0.25) is 0 Å². The topological polar surface area (TPSA) is 12.0 Å². The van der Waals surface area contributed by atoms with Gasteiger partial charge in [0.1, 0.15) is 5.82 Å². The van der Waals surface area contributed by atoms with Crippen LogP contribution >= 0.6 is 11.6 Å². The highest BCUT2D eigenvalue weighted by atomic mass is 35.5. The highest BCUT2D eigenvalue weighted by Crippen LogP contribution is 2.51. The molecule has 94 valence electrons. The maximum absolute atomic E-state index is 14.0. The fourth-order valence-corrected chi connectivity index (χ4v) is 3.48. The minimum Gasteiger partial charge on any atom is -0.319 e.